The van der Waals surface area contributed by atoms with Gasteiger partial charge in [-0.05, 0) is 6.07 Å². The Kier molecular flexibility index (Phi) is 2.81. The molecule has 94 valence electrons. The SMILES string of the molecule is O=C(O)c1c(Oc2nncs2)cnc2ccccc12. The van der Waals surface area contributed by atoms with Crippen LogP contribution in [0, 0.1) is 0 Å². The fourth-order valence-electron chi connectivity index (χ4n) is 1.72. The van der Waals surface area contributed by atoms with Gasteiger partial charge < -0.3 is 9.84 Å². The van der Waals surface area contributed by atoms with Gasteiger partial charge in [-0.1, -0.05) is 34.6 Å². The first kappa shape index (κ1) is 11.5. The molecule has 0 radical (unpaired) electrons. The quantitative estimate of drug-likeness (QED) is 0.789. The van der Waals surface area contributed by atoms with E-state index < -0.39 is 5.97 Å². The third-order valence-electron chi connectivity index (χ3n) is 2.49. The average molecular weight is 273 g/mol. The second-order valence-corrected chi connectivity index (χ2v) is 4.42. The van der Waals surface area contributed by atoms with Crippen molar-refractivity contribution in [3.05, 3.63) is 41.5 Å². The van der Waals surface area contributed by atoms with Gasteiger partial charge in [0.15, 0.2) is 5.75 Å². The van der Waals surface area contributed by atoms with Crippen LogP contribution in [0.3, 0.4) is 0 Å². The van der Waals surface area contributed by atoms with Crippen molar-refractivity contribution in [1.29, 1.82) is 0 Å². The molecule has 0 amide bonds. The second kappa shape index (κ2) is 4.62. The van der Waals surface area contributed by atoms with Crippen LogP contribution in [0.15, 0.2) is 36.0 Å². The molecule has 1 N–H and O–H groups in total. The van der Waals surface area contributed by atoms with Crippen LogP contribution in [0.2, 0.25) is 0 Å². The Morgan fingerprint density at radius 2 is 2.16 bits per heavy atom. The molecule has 6 nitrogen and oxygen atoms in total. The van der Waals surface area contributed by atoms with Crippen LogP contribution in [-0.2, 0) is 0 Å². The van der Waals surface area contributed by atoms with Gasteiger partial charge in [0.25, 0.3) is 5.19 Å². The van der Waals surface area contributed by atoms with E-state index in [0.29, 0.717) is 10.9 Å². The molecule has 0 saturated carbocycles. The van der Waals surface area contributed by atoms with E-state index >= 15 is 0 Å². The van der Waals surface area contributed by atoms with E-state index in [1.807, 2.05) is 0 Å². The lowest BCUT2D eigenvalue weighted by Gasteiger charge is -2.07. The van der Waals surface area contributed by atoms with Crippen molar-refractivity contribution in [2.45, 2.75) is 0 Å². The van der Waals surface area contributed by atoms with Crippen molar-refractivity contribution in [3.8, 4) is 10.9 Å². The Morgan fingerprint density at radius 1 is 1.32 bits per heavy atom. The number of ether oxygens (including phenoxy) is 1. The number of benzene rings is 1. The second-order valence-electron chi connectivity index (χ2n) is 3.63. The van der Waals surface area contributed by atoms with Crippen LogP contribution < -0.4 is 4.74 Å². The summed E-state index contributed by atoms with van der Waals surface area (Å²) in [6.45, 7) is 0. The normalized spacial score (nSPS) is 10.5. The largest absolute Gasteiger partial charge is 0.478 e. The fourth-order valence-corrected chi connectivity index (χ4v) is 2.14. The van der Waals surface area contributed by atoms with Crippen LogP contribution in [-0.4, -0.2) is 26.3 Å². The van der Waals surface area contributed by atoms with Crippen molar-refractivity contribution in [2.75, 3.05) is 0 Å². The molecule has 0 aliphatic carbocycles. The summed E-state index contributed by atoms with van der Waals surface area (Å²) in [5.74, 6) is -0.916. The maximum absolute atomic E-state index is 11.4. The van der Waals surface area contributed by atoms with Gasteiger partial charge in [0.1, 0.15) is 11.1 Å². The summed E-state index contributed by atoms with van der Waals surface area (Å²) in [6, 6.07) is 6.99. The number of hydrogen-bond acceptors (Lipinski definition) is 6. The molecular formula is C12H7N3O3S. The number of carbonyl (C=O) groups is 1. The third kappa shape index (κ3) is 2.11. The zero-order valence-electron chi connectivity index (χ0n) is 9.48. The monoisotopic (exact) mass is 273 g/mol. The minimum absolute atomic E-state index is 0.0702. The lowest BCUT2D eigenvalue weighted by molar-refractivity contribution is 0.0696. The first-order valence-electron chi connectivity index (χ1n) is 5.31. The van der Waals surface area contributed by atoms with E-state index in [1.54, 1.807) is 24.3 Å². The van der Waals surface area contributed by atoms with Crippen LogP contribution in [0.25, 0.3) is 10.9 Å². The summed E-state index contributed by atoms with van der Waals surface area (Å²) >= 11 is 1.18. The Balaban J connectivity index is 2.18. The number of pyridine rings is 1. The van der Waals surface area contributed by atoms with E-state index in [-0.39, 0.29) is 16.5 Å². The van der Waals surface area contributed by atoms with Gasteiger partial charge in [0.2, 0.25) is 0 Å². The lowest BCUT2D eigenvalue weighted by atomic mass is 10.1. The molecule has 0 fully saturated rings. The molecule has 7 heteroatoms. The van der Waals surface area contributed by atoms with E-state index in [2.05, 4.69) is 15.2 Å². The first-order valence-corrected chi connectivity index (χ1v) is 6.19. The molecule has 0 saturated heterocycles. The molecule has 2 aromatic heterocycles. The number of nitrogens with zero attached hydrogens (tertiary/aromatic N) is 3. The summed E-state index contributed by atoms with van der Waals surface area (Å²) in [6.07, 6.45) is 1.38. The number of aromatic nitrogens is 3. The molecule has 0 atom stereocenters. The van der Waals surface area contributed by atoms with Gasteiger partial charge in [-0.15, -0.1) is 5.10 Å². The van der Waals surface area contributed by atoms with Gasteiger partial charge in [0, 0.05) is 5.39 Å². The summed E-state index contributed by atoms with van der Waals surface area (Å²) in [4.78, 5) is 15.6. The molecule has 0 aliphatic rings. The maximum Gasteiger partial charge on any atom is 0.340 e. The van der Waals surface area contributed by atoms with E-state index in [9.17, 15) is 9.90 Å². The molecule has 0 aliphatic heterocycles. The van der Waals surface area contributed by atoms with Crippen molar-refractivity contribution in [3.63, 3.8) is 0 Å². The number of carboxylic acid groups (broad SMARTS) is 1. The number of aromatic carboxylic acids is 1. The number of fused-ring (bicyclic) bond motifs is 1. The van der Waals surface area contributed by atoms with Crippen molar-refractivity contribution in [1.82, 2.24) is 15.2 Å². The predicted molar refractivity (Wildman–Crippen MR) is 68.7 cm³/mol. The number of para-hydroxylation sites is 1. The Bertz CT molecular complexity index is 743. The number of carboxylic acids is 1. The summed E-state index contributed by atoms with van der Waals surface area (Å²) in [7, 11) is 0. The smallest absolute Gasteiger partial charge is 0.340 e. The predicted octanol–water partition coefficient (Wildman–Crippen LogP) is 2.58. The Morgan fingerprint density at radius 3 is 2.89 bits per heavy atom. The minimum atomic E-state index is -1.07. The molecule has 0 spiro atoms. The Hall–Kier alpha value is -2.54. The van der Waals surface area contributed by atoms with E-state index in [0.717, 1.165) is 0 Å². The Labute approximate surface area is 111 Å². The van der Waals surface area contributed by atoms with Crippen LogP contribution in [0.4, 0.5) is 0 Å². The summed E-state index contributed by atoms with van der Waals surface area (Å²) < 4.78 is 5.42. The third-order valence-corrected chi connectivity index (χ3v) is 3.06. The highest BCUT2D eigenvalue weighted by Crippen LogP contribution is 2.30. The molecule has 3 aromatic rings. The average Bonchev–Trinajstić information content (AvgIpc) is 2.91. The molecular weight excluding hydrogens is 266 g/mol. The topological polar surface area (TPSA) is 85.2 Å². The van der Waals surface area contributed by atoms with E-state index in [1.165, 1.54) is 23.0 Å². The standard InChI is InChI=1S/C12H7N3O3S/c16-11(17)10-7-3-1-2-4-8(7)13-5-9(10)18-12-15-14-6-19-12/h1-6H,(H,16,17). The summed E-state index contributed by atoms with van der Waals surface area (Å²) in [5, 5.41) is 17.5. The zero-order chi connectivity index (χ0) is 13.2. The molecule has 2 heterocycles. The van der Waals surface area contributed by atoms with Gasteiger partial charge in [0.05, 0.1) is 11.7 Å². The van der Waals surface area contributed by atoms with Gasteiger partial charge in [-0.25, -0.2) is 4.79 Å². The number of rotatable bonds is 3. The molecule has 0 bridgehead atoms. The highest BCUT2D eigenvalue weighted by Gasteiger charge is 2.17. The molecule has 1 aromatic carbocycles. The molecule has 3 rings (SSSR count). The van der Waals surface area contributed by atoms with Gasteiger partial charge in [-0.3, -0.25) is 4.98 Å². The van der Waals surface area contributed by atoms with Crippen LogP contribution >= 0.6 is 11.3 Å². The highest BCUT2D eigenvalue weighted by molar-refractivity contribution is 7.11. The minimum Gasteiger partial charge on any atom is -0.478 e. The van der Waals surface area contributed by atoms with Crippen molar-refractivity contribution in [2.24, 2.45) is 0 Å². The van der Waals surface area contributed by atoms with Gasteiger partial charge >= 0.3 is 5.97 Å². The maximum atomic E-state index is 11.4. The van der Waals surface area contributed by atoms with Crippen molar-refractivity contribution >= 4 is 28.2 Å². The van der Waals surface area contributed by atoms with Crippen molar-refractivity contribution < 1.29 is 14.6 Å². The van der Waals surface area contributed by atoms with Gasteiger partial charge in [-0.2, -0.15) is 0 Å². The first-order chi connectivity index (χ1) is 9.25. The molecule has 0 unspecified atom stereocenters. The molecule has 19 heavy (non-hydrogen) atoms. The number of hydrogen-bond donors (Lipinski definition) is 1. The van der Waals surface area contributed by atoms with E-state index in [4.69, 9.17) is 4.74 Å². The summed E-state index contributed by atoms with van der Waals surface area (Å²) in [5.41, 5.74) is 2.18. The highest BCUT2D eigenvalue weighted by atomic mass is 32.1. The van der Waals surface area contributed by atoms with Crippen LogP contribution in [0.1, 0.15) is 10.4 Å². The fraction of sp³-hybridized carbons (Fsp3) is 0. The van der Waals surface area contributed by atoms with Crippen LogP contribution in [0.5, 0.6) is 10.9 Å². The lowest BCUT2D eigenvalue weighted by Crippen LogP contribution is -2.02. The zero-order valence-corrected chi connectivity index (χ0v) is 10.3.